The van der Waals surface area contributed by atoms with E-state index < -0.39 is 0 Å². The van der Waals surface area contributed by atoms with E-state index in [0.29, 0.717) is 0 Å². The average Bonchev–Trinajstić information content (AvgIpc) is 3.38. The smallest absolute Gasteiger partial charge is 0.253 e. The predicted molar refractivity (Wildman–Crippen MR) is 140 cm³/mol. The van der Waals surface area contributed by atoms with Crippen LogP contribution in [-0.2, 0) is 13.0 Å². The number of imidazole rings is 1. The van der Waals surface area contributed by atoms with E-state index in [9.17, 15) is 4.79 Å². The Bertz CT molecular complexity index is 1280. The molecule has 1 aromatic heterocycles. The molecule has 35 heavy (non-hydrogen) atoms. The maximum absolute atomic E-state index is 12.8. The molecule has 178 valence electrons. The van der Waals surface area contributed by atoms with Crippen LogP contribution in [-0.4, -0.2) is 45.3 Å². The number of H-pyrrole nitrogens is 1. The summed E-state index contributed by atoms with van der Waals surface area (Å²) < 4.78 is 0. The summed E-state index contributed by atoms with van der Waals surface area (Å²) in [7, 11) is 0. The Labute approximate surface area is 207 Å². The molecule has 1 aliphatic rings. The van der Waals surface area contributed by atoms with Crippen molar-refractivity contribution >= 4 is 5.91 Å². The lowest BCUT2D eigenvalue weighted by Crippen LogP contribution is -2.36. The van der Waals surface area contributed by atoms with E-state index in [4.69, 9.17) is 0 Å². The van der Waals surface area contributed by atoms with Crippen molar-refractivity contribution in [1.82, 2.24) is 19.8 Å². The first-order valence-corrected chi connectivity index (χ1v) is 12.5. The summed E-state index contributed by atoms with van der Waals surface area (Å²) in [5.41, 5.74) is 6.87. The zero-order chi connectivity index (χ0) is 24.2. The maximum Gasteiger partial charge on any atom is 0.253 e. The fraction of sp³-hybridized carbons (Fsp3) is 0.267. The quantitative estimate of drug-likeness (QED) is 0.381. The molecule has 2 heterocycles. The molecule has 5 nitrogen and oxygen atoms in total. The Balaban J connectivity index is 1.44. The molecule has 5 heteroatoms. The number of aromatic nitrogens is 2. The number of aromatic amines is 1. The topological polar surface area (TPSA) is 52.2 Å². The van der Waals surface area contributed by atoms with Crippen LogP contribution in [0.15, 0.2) is 85.1 Å². The minimum atomic E-state index is 0.0911. The third-order valence-electron chi connectivity index (χ3n) is 6.96. The van der Waals surface area contributed by atoms with Crippen LogP contribution in [0.5, 0.6) is 0 Å². The normalized spacial score (nSPS) is 15.5. The summed E-state index contributed by atoms with van der Waals surface area (Å²) in [6.45, 7) is 7.21. The molecule has 1 amide bonds. The van der Waals surface area contributed by atoms with Gasteiger partial charge in [-0.15, -0.1) is 0 Å². The highest BCUT2D eigenvalue weighted by molar-refractivity contribution is 5.94. The summed E-state index contributed by atoms with van der Waals surface area (Å²) in [5, 5.41) is 0. The molecule has 0 radical (unpaired) electrons. The molecule has 3 aromatic carbocycles. The van der Waals surface area contributed by atoms with Gasteiger partial charge in [0.1, 0.15) is 5.82 Å². The second-order valence-corrected chi connectivity index (χ2v) is 9.04. The van der Waals surface area contributed by atoms with Crippen molar-refractivity contribution in [2.24, 2.45) is 0 Å². The lowest BCUT2D eigenvalue weighted by molar-refractivity contribution is 0.0773. The Morgan fingerprint density at radius 1 is 0.971 bits per heavy atom. The Morgan fingerprint density at radius 3 is 2.43 bits per heavy atom. The predicted octanol–water partition coefficient (Wildman–Crippen LogP) is 5.71. The van der Waals surface area contributed by atoms with Gasteiger partial charge in [0.2, 0.25) is 0 Å². The van der Waals surface area contributed by atoms with Crippen molar-refractivity contribution in [3.63, 3.8) is 0 Å². The number of hydrogen-bond acceptors (Lipinski definition) is 3. The number of nitrogens with zero attached hydrogens (tertiary/aromatic N) is 3. The highest BCUT2D eigenvalue weighted by Crippen LogP contribution is 2.36. The van der Waals surface area contributed by atoms with Crippen molar-refractivity contribution in [2.75, 3.05) is 19.6 Å². The molecule has 5 rings (SSSR count). The van der Waals surface area contributed by atoms with E-state index in [2.05, 4.69) is 63.4 Å². The summed E-state index contributed by atoms with van der Waals surface area (Å²) in [6, 6.07) is 27.3. The molecule has 1 N–H and O–H groups in total. The van der Waals surface area contributed by atoms with Crippen molar-refractivity contribution in [3.8, 4) is 11.4 Å². The van der Waals surface area contributed by atoms with E-state index in [-0.39, 0.29) is 11.9 Å². The number of carbonyl (C=O) groups is 1. The van der Waals surface area contributed by atoms with E-state index in [1.807, 2.05) is 55.3 Å². The Kier molecular flexibility index (Phi) is 6.77. The number of amides is 1. The molecule has 0 spiro atoms. The Morgan fingerprint density at radius 2 is 1.69 bits per heavy atom. The second kappa shape index (κ2) is 10.3. The van der Waals surface area contributed by atoms with Crippen LogP contribution in [0.4, 0.5) is 0 Å². The van der Waals surface area contributed by atoms with Crippen LogP contribution in [0.3, 0.4) is 0 Å². The molecule has 0 saturated carbocycles. The lowest BCUT2D eigenvalue weighted by atomic mass is 9.87. The van der Waals surface area contributed by atoms with Crippen LogP contribution in [0.1, 0.15) is 52.6 Å². The van der Waals surface area contributed by atoms with Crippen LogP contribution >= 0.6 is 0 Å². The minimum absolute atomic E-state index is 0.0911. The van der Waals surface area contributed by atoms with E-state index in [0.717, 1.165) is 55.2 Å². The number of benzene rings is 3. The molecule has 1 unspecified atom stereocenters. The Hall–Kier alpha value is -3.70. The number of carbonyl (C=O) groups excluding carboxylic acids is 1. The first-order valence-electron chi connectivity index (χ1n) is 12.5. The third-order valence-corrected chi connectivity index (χ3v) is 6.96. The molecule has 0 saturated heterocycles. The highest BCUT2D eigenvalue weighted by atomic mass is 16.2. The fourth-order valence-corrected chi connectivity index (χ4v) is 5.08. The van der Waals surface area contributed by atoms with Gasteiger partial charge >= 0.3 is 0 Å². The van der Waals surface area contributed by atoms with Gasteiger partial charge in [0, 0.05) is 49.2 Å². The fourth-order valence-electron chi connectivity index (χ4n) is 5.08. The molecule has 1 atom stereocenters. The monoisotopic (exact) mass is 464 g/mol. The van der Waals surface area contributed by atoms with Gasteiger partial charge in [0.15, 0.2) is 0 Å². The second-order valence-electron chi connectivity index (χ2n) is 9.04. The molecule has 0 fully saturated rings. The molecule has 0 aliphatic carbocycles. The van der Waals surface area contributed by atoms with Crippen LogP contribution in [0.25, 0.3) is 11.4 Å². The molecular formula is C30H32N4O. The maximum atomic E-state index is 12.8. The number of nitrogens with one attached hydrogen (secondary N) is 1. The van der Waals surface area contributed by atoms with E-state index in [1.54, 1.807) is 0 Å². The van der Waals surface area contributed by atoms with Crippen molar-refractivity contribution in [3.05, 3.63) is 113 Å². The number of fused-ring (bicyclic) bond motifs is 1. The molecule has 4 aromatic rings. The number of hydrogen-bond donors (Lipinski definition) is 1. The van der Waals surface area contributed by atoms with Gasteiger partial charge in [0.05, 0.1) is 6.04 Å². The summed E-state index contributed by atoms with van der Waals surface area (Å²) >= 11 is 0. The van der Waals surface area contributed by atoms with Gasteiger partial charge in [-0.25, -0.2) is 4.98 Å². The SMILES string of the molecule is CCN(CC)C(=O)c1ccc(C2c3ccccc3CCN2Cc2cnc(-c3ccccc3)[nH]2)cc1. The van der Waals surface area contributed by atoms with Crippen LogP contribution < -0.4 is 0 Å². The van der Waals surface area contributed by atoms with Gasteiger partial charge in [-0.05, 0) is 49.1 Å². The van der Waals surface area contributed by atoms with E-state index >= 15 is 0 Å². The van der Waals surface area contributed by atoms with Crippen LogP contribution in [0.2, 0.25) is 0 Å². The molecule has 1 aliphatic heterocycles. The molecular weight excluding hydrogens is 432 g/mol. The first-order chi connectivity index (χ1) is 17.2. The van der Waals surface area contributed by atoms with Gasteiger partial charge in [0.25, 0.3) is 5.91 Å². The average molecular weight is 465 g/mol. The standard InChI is InChI=1S/C30H32N4O/c1-3-33(4-2)30(35)25-16-14-23(15-17-25)28-27-13-9-8-10-22(27)18-19-34(28)21-26-20-31-29(32-26)24-11-6-5-7-12-24/h5-17,20,28H,3-4,18-19,21H2,1-2H3,(H,31,32). The first kappa shape index (κ1) is 23.1. The zero-order valence-electron chi connectivity index (χ0n) is 20.4. The summed E-state index contributed by atoms with van der Waals surface area (Å²) in [5.74, 6) is 0.988. The highest BCUT2D eigenvalue weighted by Gasteiger charge is 2.29. The van der Waals surface area contributed by atoms with Gasteiger partial charge in [-0.2, -0.15) is 0 Å². The molecule has 0 bridgehead atoms. The van der Waals surface area contributed by atoms with Crippen molar-refractivity contribution in [1.29, 1.82) is 0 Å². The number of rotatable bonds is 7. The van der Waals surface area contributed by atoms with E-state index in [1.165, 1.54) is 16.7 Å². The van der Waals surface area contributed by atoms with Crippen molar-refractivity contribution < 1.29 is 4.79 Å². The van der Waals surface area contributed by atoms with Crippen LogP contribution in [0, 0.1) is 0 Å². The lowest BCUT2D eigenvalue weighted by Gasteiger charge is -2.37. The zero-order valence-corrected chi connectivity index (χ0v) is 20.4. The summed E-state index contributed by atoms with van der Waals surface area (Å²) in [4.78, 5) is 25.3. The van der Waals surface area contributed by atoms with Gasteiger partial charge in [-0.3, -0.25) is 9.69 Å². The summed E-state index contributed by atoms with van der Waals surface area (Å²) in [6.07, 6.45) is 2.97. The minimum Gasteiger partial charge on any atom is -0.341 e. The van der Waals surface area contributed by atoms with Crippen molar-refractivity contribution in [2.45, 2.75) is 32.9 Å². The van der Waals surface area contributed by atoms with Gasteiger partial charge in [-0.1, -0.05) is 66.7 Å². The third kappa shape index (κ3) is 4.77. The largest absolute Gasteiger partial charge is 0.341 e. The van der Waals surface area contributed by atoms with Gasteiger partial charge < -0.3 is 9.88 Å².